The zero-order valence-electron chi connectivity index (χ0n) is 23.6. The summed E-state index contributed by atoms with van der Waals surface area (Å²) in [6, 6.07) is 20.0. The second-order valence-corrected chi connectivity index (χ2v) is 11.4. The van der Waals surface area contributed by atoms with Crippen LogP contribution in [-0.4, -0.2) is 46.2 Å². The molecule has 0 aliphatic carbocycles. The fraction of sp³-hybridized carbons (Fsp3) is 0.375. The van der Waals surface area contributed by atoms with Gasteiger partial charge in [-0.2, -0.15) is 0 Å². The zero-order valence-corrected chi connectivity index (χ0v) is 25.1. The summed E-state index contributed by atoms with van der Waals surface area (Å²) in [7, 11) is 6.38. The van der Waals surface area contributed by atoms with Crippen molar-refractivity contribution in [2.75, 3.05) is 34.3 Å². The van der Waals surface area contributed by atoms with Crippen LogP contribution < -0.4 is 19.3 Å². The Hall–Kier alpha value is -3.06. The van der Waals surface area contributed by atoms with E-state index >= 15 is 0 Å². The summed E-state index contributed by atoms with van der Waals surface area (Å²) in [6.45, 7) is 1.35. The van der Waals surface area contributed by atoms with E-state index in [1.165, 1.54) is 5.69 Å². The van der Waals surface area contributed by atoms with Crippen molar-refractivity contribution in [1.29, 1.82) is 0 Å². The van der Waals surface area contributed by atoms with Gasteiger partial charge in [-0.05, 0) is 66.9 Å². The second-order valence-electron chi connectivity index (χ2n) is 10.6. The fourth-order valence-electron chi connectivity index (χ4n) is 4.09. The van der Waals surface area contributed by atoms with Gasteiger partial charge >= 0.3 is 5.97 Å². The van der Waals surface area contributed by atoms with Crippen LogP contribution in [0.15, 0.2) is 66.7 Å². The van der Waals surface area contributed by atoms with Crippen molar-refractivity contribution in [2.24, 2.45) is 0 Å². The molecule has 214 valence electrons. The minimum absolute atomic E-state index is 0.0758. The summed E-state index contributed by atoms with van der Waals surface area (Å²) in [6.07, 6.45) is 6.83. The zero-order chi connectivity index (χ0) is 29.0. The van der Waals surface area contributed by atoms with Crippen molar-refractivity contribution in [2.45, 2.75) is 44.9 Å². The third kappa shape index (κ3) is 10.5. The van der Waals surface area contributed by atoms with E-state index in [9.17, 15) is 9.59 Å². The predicted octanol–water partition coefficient (Wildman–Crippen LogP) is 7.49. The van der Waals surface area contributed by atoms with Gasteiger partial charge in [-0.1, -0.05) is 67.1 Å². The number of hydrogen-bond donors (Lipinski definition) is 1. The molecular formula is C32H39Cl2N2O4+. The highest BCUT2D eigenvalue weighted by atomic mass is 35.5. The van der Waals surface area contributed by atoms with Gasteiger partial charge in [-0.15, -0.1) is 0 Å². The molecule has 0 saturated heterocycles. The molecule has 8 heteroatoms. The van der Waals surface area contributed by atoms with Gasteiger partial charge in [0.15, 0.2) is 0 Å². The monoisotopic (exact) mass is 585 g/mol. The molecule has 3 aromatic carbocycles. The molecule has 0 atom stereocenters. The van der Waals surface area contributed by atoms with Gasteiger partial charge in [-0.25, -0.2) is 4.79 Å². The van der Waals surface area contributed by atoms with Gasteiger partial charge in [0.05, 0.1) is 49.8 Å². The Bertz CT molecular complexity index is 1240. The van der Waals surface area contributed by atoms with E-state index in [-0.39, 0.29) is 16.5 Å². The number of carbonyl (C=O) groups excluding carboxylic acids is 2. The van der Waals surface area contributed by atoms with E-state index in [1.54, 1.807) is 42.5 Å². The predicted molar refractivity (Wildman–Crippen MR) is 164 cm³/mol. The first-order valence-electron chi connectivity index (χ1n) is 13.7. The molecule has 40 heavy (non-hydrogen) atoms. The molecule has 1 amide bonds. The number of amides is 1. The maximum atomic E-state index is 12.3. The SMILES string of the molecule is C[N+](C)(C)c1ccc(CC(=O)NCCCCCCCCOc2ccc(OC(=O)c3cccc(Cl)c3Cl)cc2)cc1. The minimum atomic E-state index is -0.565. The number of ether oxygens (including phenoxy) is 2. The van der Waals surface area contributed by atoms with Crippen molar-refractivity contribution in [1.82, 2.24) is 9.80 Å². The first kappa shape index (κ1) is 31.5. The molecule has 0 heterocycles. The first-order valence-corrected chi connectivity index (χ1v) is 14.5. The lowest BCUT2D eigenvalue weighted by Crippen LogP contribution is -2.34. The number of esters is 1. The minimum Gasteiger partial charge on any atom is -0.494 e. The molecule has 0 bridgehead atoms. The highest BCUT2D eigenvalue weighted by Crippen LogP contribution is 2.27. The number of halogens is 2. The third-order valence-electron chi connectivity index (χ3n) is 6.44. The van der Waals surface area contributed by atoms with Crippen molar-refractivity contribution in [3.05, 3.63) is 87.9 Å². The molecular weight excluding hydrogens is 547 g/mol. The summed E-state index contributed by atoms with van der Waals surface area (Å²) >= 11 is 12.1. The highest BCUT2D eigenvalue weighted by Gasteiger charge is 2.15. The molecule has 0 aliphatic rings. The van der Waals surface area contributed by atoms with Crippen LogP contribution in [0.4, 0.5) is 5.69 Å². The maximum Gasteiger partial charge on any atom is 0.345 e. The van der Waals surface area contributed by atoms with Gasteiger partial charge in [0.2, 0.25) is 5.91 Å². The van der Waals surface area contributed by atoms with Crippen molar-refractivity contribution >= 4 is 40.8 Å². The average molecular weight is 587 g/mol. The Morgan fingerprint density at radius 1 is 0.775 bits per heavy atom. The Labute approximate surface area is 247 Å². The second kappa shape index (κ2) is 15.7. The normalized spacial score (nSPS) is 11.2. The summed E-state index contributed by atoms with van der Waals surface area (Å²) in [5, 5.41) is 3.51. The summed E-state index contributed by atoms with van der Waals surface area (Å²) < 4.78 is 11.9. The lowest BCUT2D eigenvalue weighted by Gasteiger charge is -2.23. The smallest absolute Gasteiger partial charge is 0.345 e. The molecule has 1 N–H and O–H groups in total. The Morgan fingerprint density at radius 3 is 2.08 bits per heavy atom. The molecule has 0 radical (unpaired) electrons. The number of nitrogens with one attached hydrogen (secondary N) is 1. The number of hydrogen-bond acceptors (Lipinski definition) is 4. The Kier molecular flexibility index (Phi) is 12.3. The Morgan fingerprint density at radius 2 is 1.40 bits per heavy atom. The van der Waals surface area contributed by atoms with Crippen molar-refractivity contribution < 1.29 is 19.1 Å². The fourth-order valence-corrected chi connectivity index (χ4v) is 4.47. The number of rotatable bonds is 15. The van der Waals surface area contributed by atoms with E-state index in [0.29, 0.717) is 23.8 Å². The molecule has 0 saturated carbocycles. The molecule has 0 unspecified atom stereocenters. The van der Waals surface area contributed by atoms with E-state index in [2.05, 4.69) is 38.6 Å². The van der Waals surface area contributed by atoms with Crippen molar-refractivity contribution in [3.63, 3.8) is 0 Å². The van der Waals surface area contributed by atoms with Crippen LogP contribution in [0.1, 0.15) is 54.4 Å². The van der Waals surface area contributed by atoms with E-state index < -0.39 is 5.97 Å². The molecule has 0 spiro atoms. The highest BCUT2D eigenvalue weighted by molar-refractivity contribution is 6.43. The van der Waals surface area contributed by atoms with Crippen LogP contribution in [0.3, 0.4) is 0 Å². The van der Waals surface area contributed by atoms with E-state index in [4.69, 9.17) is 32.7 Å². The maximum absolute atomic E-state index is 12.3. The molecule has 3 aromatic rings. The quantitative estimate of drug-likeness (QED) is 0.0868. The van der Waals surface area contributed by atoms with E-state index in [1.807, 2.05) is 12.1 Å². The van der Waals surface area contributed by atoms with Crippen molar-refractivity contribution in [3.8, 4) is 11.5 Å². The standard InChI is InChI=1S/C32H38Cl2N2O4/c1-36(2,3)25-15-13-24(14-16-25)23-30(37)35-21-8-6-4-5-7-9-22-39-26-17-19-27(20-18-26)40-32(38)28-11-10-12-29(33)31(28)34/h10-20H,4-9,21-23H2,1-3H3/p+1. The van der Waals surface area contributed by atoms with Gasteiger partial charge in [-0.3, -0.25) is 9.28 Å². The lowest BCUT2D eigenvalue weighted by molar-refractivity contribution is -0.120. The van der Waals surface area contributed by atoms with Gasteiger partial charge in [0.1, 0.15) is 17.2 Å². The topological polar surface area (TPSA) is 64.6 Å². The summed E-state index contributed by atoms with van der Waals surface area (Å²) in [5.41, 5.74) is 2.47. The van der Waals surface area contributed by atoms with Crippen LogP contribution in [-0.2, 0) is 11.2 Å². The van der Waals surface area contributed by atoms with Gasteiger partial charge < -0.3 is 14.8 Å². The number of benzene rings is 3. The number of unbranched alkanes of at least 4 members (excludes halogenated alkanes) is 5. The van der Waals surface area contributed by atoms with E-state index in [0.717, 1.165) is 60.9 Å². The lowest BCUT2D eigenvalue weighted by atomic mass is 10.1. The molecule has 0 aromatic heterocycles. The van der Waals surface area contributed by atoms with Crippen LogP contribution in [0.25, 0.3) is 0 Å². The largest absolute Gasteiger partial charge is 0.494 e. The number of nitrogens with zero attached hydrogens (tertiary/aromatic N) is 1. The summed E-state index contributed by atoms with van der Waals surface area (Å²) in [4.78, 5) is 24.6. The number of carbonyl (C=O) groups is 2. The molecule has 0 fully saturated rings. The Balaban J connectivity index is 1.21. The number of quaternary nitrogens is 1. The average Bonchev–Trinajstić information content (AvgIpc) is 2.92. The van der Waals surface area contributed by atoms with Crippen LogP contribution >= 0.6 is 23.2 Å². The molecule has 3 rings (SSSR count). The van der Waals surface area contributed by atoms with Gasteiger partial charge in [0, 0.05) is 6.54 Å². The van der Waals surface area contributed by atoms with Crippen LogP contribution in [0.2, 0.25) is 10.0 Å². The van der Waals surface area contributed by atoms with Crippen LogP contribution in [0, 0.1) is 0 Å². The molecule has 6 nitrogen and oxygen atoms in total. The third-order valence-corrected chi connectivity index (χ3v) is 7.26. The molecule has 0 aliphatic heterocycles. The first-order chi connectivity index (χ1) is 19.1. The van der Waals surface area contributed by atoms with Crippen LogP contribution in [0.5, 0.6) is 11.5 Å². The summed E-state index contributed by atoms with van der Waals surface area (Å²) in [5.74, 6) is 0.635. The van der Waals surface area contributed by atoms with Gasteiger partial charge in [0.25, 0.3) is 0 Å².